The Morgan fingerprint density at radius 2 is 2.17 bits per heavy atom. The highest BCUT2D eigenvalue weighted by atomic mass is 16.8. The van der Waals surface area contributed by atoms with Crippen molar-refractivity contribution in [2.75, 3.05) is 19.8 Å². The second-order valence-electron chi connectivity index (χ2n) is 4.66. The maximum Gasteiger partial charge on any atom is 0.186 e. The molecular weight excluding hydrogens is 242 g/mol. The van der Waals surface area contributed by atoms with Crippen LogP contribution in [-0.4, -0.2) is 55.3 Å². The number of aliphatic hydroxyl groups is 1. The zero-order valence-corrected chi connectivity index (χ0v) is 10.4. The second-order valence-corrected chi connectivity index (χ2v) is 4.66. The van der Waals surface area contributed by atoms with Gasteiger partial charge in [0.05, 0.1) is 13.2 Å². The van der Waals surface area contributed by atoms with Crippen LogP contribution in [0.5, 0.6) is 0 Å². The Balaban J connectivity index is 1.93. The Bertz CT molecular complexity index is 344. The molecule has 2 heterocycles. The molecule has 2 rings (SSSR count). The van der Waals surface area contributed by atoms with E-state index in [-0.39, 0.29) is 19.8 Å². The number of nitrogens with zero attached hydrogens (tertiary/aromatic N) is 3. The van der Waals surface area contributed by atoms with Crippen LogP contribution in [0.4, 0.5) is 0 Å². The lowest BCUT2D eigenvalue weighted by atomic mass is 10.1. The second kappa shape index (κ2) is 5.40. The van der Waals surface area contributed by atoms with Gasteiger partial charge < -0.3 is 24.1 Å². The monoisotopic (exact) mass is 259 g/mol. The highest BCUT2D eigenvalue weighted by molar-refractivity contribution is 4.91. The van der Waals surface area contributed by atoms with Crippen LogP contribution in [0, 0.1) is 0 Å². The van der Waals surface area contributed by atoms with Gasteiger partial charge in [-0.15, -0.1) is 0 Å². The number of ether oxygens (including phenoxy) is 4. The van der Waals surface area contributed by atoms with Gasteiger partial charge in [0.2, 0.25) is 0 Å². The molecule has 2 aliphatic heterocycles. The molecule has 0 spiro atoms. The first kappa shape index (κ1) is 13.5. The Kier molecular flexibility index (Phi) is 4.06. The summed E-state index contributed by atoms with van der Waals surface area (Å²) in [5.41, 5.74) is 8.15. The van der Waals surface area contributed by atoms with Gasteiger partial charge in [-0.25, -0.2) is 0 Å². The normalized spacial score (nSPS) is 37.9. The molecule has 0 radical (unpaired) electrons. The minimum Gasteiger partial charge on any atom is -0.388 e. The van der Waals surface area contributed by atoms with E-state index >= 15 is 0 Å². The molecule has 1 unspecified atom stereocenters. The summed E-state index contributed by atoms with van der Waals surface area (Å²) in [5.74, 6) is -0.767. The average Bonchev–Trinajstić information content (AvgIpc) is 2.64. The highest BCUT2D eigenvalue weighted by Crippen LogP contribution is 2.35. The van der Waals surface area contributed by atoms with Gasteiger partial charge in [-0.1, -0.05) is 5.11 Å². The van der Waals surface area contributed by atoms with Gasteiger partial charge in [0.25, 0.3) is 0 Å². The SMILES string of the molecule is CC1(C)OC2[C@H](O)CO[C@@H](OCCN=[N+]=[N-])[C@H]2O1. The molecule has 0 aromatic carbocycles. The molecule has 4 atom stereocenters. The zero-order chi connectivity index (χ0) is 13.2. The summed E-state index contributed by atoms with van der Waals surface area (Å²) in [5, 5.41) is 13.2. The smallest absolute Gasteiger partial charge is 0.186 e. The minimum absolute atomic E-state index is 0.132. The van der Waals surface area contributed by atoms with E-state index in [1.165, 1.54) is 0 Å². The van der Waals surface area contributed by atoms with Crippen molar-refractivity contribution in [1.29, 1.82) is 0 Å². The molecule has 0 aromatic rings. The molecular formula is C10H17N3O5. The maximum absolute atomic E-state index is 9.79. The largest absolute Gasteiger partial charge is 0.388 e. The van der Waals surface area contributed by atoms with Gasteiger partial charge >= 0.3 is 0 Å². The van der Waals surface area contributed by atoms with Gasteiger partial charge in [0.15, 0.2) is 12.1 Å². The van der Waals surface area contributed by atoms with Gasteiger partial charge in [-0.05, 0) is 19.4 Å². The topological polar surface area (TPSA) is 106 Å². The van der Waals surface area contributed by atoms with Crippen molar-refractivity contribution in [1.82, 2.24) is 0 Å². The van der Waals surface area contributed by atoms with Gasteiger partial charge in [-0.3, -0.25) is 0 Å². The number of fused-ring (bicyclic) bond motifs is 1. The molecule has 2 fully saturated rings. The molecule has 8 heteroatoms. The summed E-state index contributed by atoms with van der Waals surface area (Å²) in [7, 11) is 0. The number of aliphatic hydroxyl groups excluding tert-OH is 1. The third kappa shape index (κ3) is 2.92. The van der Waals surface area contributed by atoms with Crippen LogP contribution in [0.3, 0.4) is 0 Å². The first-order valence-electron chi connectivity index (χ1n) is 5.81. The fourth-order valence-corrected chi connectivity index (χ4v) is 2.11. The first-order chi connectivity index (χ1) is 8.53. The van der Waals surface area contributed by atoms with Crippen LogP contribution in [0.1, 0.15) is 13.8 Å². The summed E-state index contributed by atoms with van der Waals surface area (Å²) in [6.07, 6.45) is -2.28. The lowest BCUT2D eigenvalue weighted by Crippen LogP contribution is -2.52. The fourth-order valence-electron chi connectivity index (χ4n) is 2.11. The van der Waals surface area contributed by atoms with Crippen molar-refractivity contribution in [3.8, 4) is 0 Å². The minimum atomic E-state index is -0.767. The van der Waals surface area contributed by atoms with E-state index in [1.807, 2.05) is 0 Å². The Morgan fingerprint density at radius 1 is 1.44 bits per heavy atom. The van der Waals surface area contributed by atoms with Crippen molar-refractivity contribution in [3.63, 3.8) is 0 Å². The van der Waals surface area contributed by atoms with E-state index < -0.39 is 30.4 Å². The Hall–Kier alpha value is -0.890. The Morgan fingerprint density at radius 3 is 2.89 bits per heavy atom. The molecule has 2 saturated heterocycles. The number of hydrogen-bond acceptors (Lipinski definition) is 6. The van der Waals surface area contributed by atoms with Crippen LogP contribution in [0.2, 0.25) is 0 Å². The van der Waals surface area contributed by atoms with E-state index in [9.17, 15) is 5.11 Å². The van der Waals surface area contributed by atoms with E-state index in [2.05, 4.69) is 10.0 Å². The van der Waals surface area contributed by atoms with Gasteiger partial charge in [0.1, 0.15) is 18.3 Å². The third-order valence-corrected chi connectivity index (χ3v) is 2.78. The summed E-state index contributed by atoms with van der Waals surface area (Å²) in [6, 6.07) is 0. The number of azide groups is 1. The summed E-state index contributed by atoms with van der Waals surface area (Å²) in [4.78, 5) is 2.63. The van der Waals surface area contributed by atoms with Crippen LogP contribution < -0.4 is 0 Å². The third-order valence-electron chi connectivity index (χ3n) is 2.78. The average molecular weight is 259 g/mol. The molecule has 8 nitrogen and oxygen atoms in total. The maximum atomic E-state index is 9.79. The van der Waals surface area contributed by atoms with Crippen molar-refractivity contribution < 1.29 is 24.1 Å². The molecule has 18 heavy (non-hydrogen) atoms. The van der Waals surface area contributed by atoms with Crippen molar-refractivity contribution in [3.05, 3.63) is 10.4 Å². The molecule has 102 valence electrons. The quantitative estimate of drug-likeness (QED) is 0.343. The number of rotatable bonds is 4. The summed E-state index contributed by atoms with van der Waals surface area (Å²) >= 11 is 0. The molecule has 0 amide bonds. The molecule has 0 saturated carbocycles. The lowest BCUT2D eigenvalue weighted by molar-refractivity contribution is -0.246. The van der Waals surface area contributed by atoms with E-state index in [4.69, 9.17) is 24.5 Å². The van der Waals surface area contributed by atoms with E-state index in [0.717, 1.165) is 0 Å². The predicted octanol–water partition coefficient (Wildman–Crippen LogP) is 0.551. The summed E-state index contributed by atoms with van der Waals surface area (Å²) in [6.45, 7) is 4.13. The van der Waals surface area contributed by atoms with Gasteiger partial charge in [0, 0.05) is 11.5 Å². The van der Waals surface area contributed by atoms with Gasteiger partial charge in [-0.2, -0.15) is 0 Å². The van der Waals surface area contributed by atoms with Crippen molar-refractivity contribution in [2.45, 2.75) is 44.2 Å². The Labute approximate surface area is 104 Å². The van der Waals surface area contributed by atoms with Crippen LogP contribution in [0.25, 0.3) is 10.4 Å². The van der Waals surface area contributed by atoms with Crippen molar-refractivity contribution in [2.24, 2.45) is 5.11 Å². The van der Waals surface area contributed by atoms with Crippen LogP contribution in [-0.2, 0) is 18.9 Å². The molecule has 2 aliphatic rings. The van der Waals surface area contributed by atoms with E-state index in [1.54, 1.807) is 13.8 Å². The fraction of sp³-hybridized carbons (Fsp3) is 1.00. The highest BCUT2D eigenvalue weighted by Gasteiger charge is 2.52. The molecule has 0 bridgehead atoms. The molecule has 0 aromatic heterocycles. The molecule has 1 N–H and O–H groups in total. The standard InChI is InChI=1S/C10H17N3O5/c1-10(2)17-7-6(14)5-16-9(8(7)18-10)15-4-3-12-13-11/h6-9,14H,3-5H2,1-2H3/t6-,7?,8+,9-/m1/s1. The summed E-state index contributed by atoms with van der Waals surface area (Å²) < 4.78 is 22.1. The number of hydrogen-bond donors (Lipinski definition) is 1. The molecule has 0 aliphatic carbocycles. The van der Waals surface area contributed by atoms with Crippen LogP contribution >= 0.6 is 0 Å². The van der Waals surface area contributed by atoms with Crippen LogP contribution in [0.15, 0.2) is 5.11 Å². The van der Waals surface area contributed by atoms with Crippen molar-refractivity contribution >= 4 is 0 Å². The zero-order valence-electron chi connectivity index (χ0n) is 10.4. The predicted molar refractivity (Wildman–Crippen MR) is 59.5 cm³/mol. The lowest BCUT2D eigenvalue weighted by Gasteiger charge is -2.34. The first-order valence-corrected chi connectivity index (χ1v) is 5.81. The van der Waals surface area contributed by atoms with E-state index in [0.29, 0.717) is 0 Å².